The van der Waals surface area contributed by atoms with Gasteiger partial charge in [0.2, 0.25) is 15.9 Å². The molecule has 1 fully saturated rings. The maximum atomic E-state index is 13.5. The summed E-state index contributed by atoms with van der Waals surface area (Å²) in [6, 6.07) is 0.433. The van der Waals surface area contributed by atoms with Crippen molar-refractivity contribution in [1.82, 2.24) is 14.2 Å². The molecule has 0 radical (unpaired) electrons. The number of hydrogen-bond acceptors (Lipinski definition) is 6. The minimum absolute atomic E-state index is 0.0168. The lowest BCUT2D eigenvalue weighted by atomic mass is 10.1. The third-order valence-corrected chi connectivity index (χ3v) is 7.43. The van der Waals surface area contributed by atoms with Crippen LogP contribution >= 0.6 is 0 Å². The first-order valence-corrected chi connectivity index (χ1v) is 12.2. The predicted molar refractivity (Wildman–Crippen MR) is 116 cm³/mol. The summed E-state index contributed by atoms with van der Waals surface area (Å²) in [6.45, 7) is 0.0272. The van der Waals surface area contributed by atoms with Crippen molar-refractivity contribution in [2.45, 2.75) is 23.8 Å². The normalized spacial score (nSPS) is 20.5. The van der Waals surface area contributed by atoms with E-state index >= 15 is 0 Å². The largest absolute Gasteiger partial charge is 0.489 e. The molecule has 2 atom stereocenters. The molecule has 1 saturated heterocycles. The van der Waals surface area contributed by atoms with Crippen LogP contribution in [0.5, 0.6) is 5.75 Å². The van der Waals surface area contributed by atoms with Gasteiger partial charge in [-0.3, -0.25) is 14.4 Å². The molecule has 0 saturated carbocycles. The van der Waals surface area contributed by atoms with Gasteiger partial charge in [-0.1, -0.05) is 0 Å². The number of halogens is 3. The Morgan fingerprint density at radius 2 is 1.83 bits per heavy atom. The van der Waals surface area contributed by atoms with Gasteiger partial charge in [-0.05, 0) is 0 Å². The summed E-state index contributed by atoms with van der Waals surface area (Å²) in [4.78, 5) is 37.0. The topological polar surface area (TPSA) is 147 Å². The molecule has 2 aromatic rings. The fourth-order valence-electron chi connectivity index (χ4n) is 4.19. The van der Waals surface area contributed by atoms with Crippen LogP contribution in [-0.2, 0) is 26.7 Å². The molecule has 0 aliphatic carbocycles. The van der Waals surface area contributed by atoms with E-state index in [1.807, 2.05) is 0 Å². The van der Waals surface area contributed by atoms with Gasteiger partial charge in [-0.25, -0.2) is 26.3 Å². The van der Waals surface area contributed by atoms with Crippen LogP contribution in [-0.4, -0.2) is 66.5 Å². The first-order chi connectivity index (χ1) is 16.9. The van der Waals surface area contributed by atoms with E-state index < -0.39 is 62.9 Å². The summed E-state index contributed by atoms with van der Waals surface area (Å²) in [5, 5.41) is 11.0. The quantitative estimate of drug-likeness (QED) is 0.490. The van der Waals surface area contributed by atoms with Crippen LogP contribution in [0.1, 0.15) is 23.3 Å². The molecule has 3 N–H and O–H groups in total. The number of hydrogen-bond donors (Lipinski definition) is 3. The lowest BCUT2D eigenvalue weighted by Crippen LogP contribution is -2.43. The SMILES string of the molecule is Cn1cc2c(c1C(=O)Nc1cc(F)c(F)c(F)c1)OC[C@H]1CN(C(=O)CCC(=O)O)C[C@H]1NS2(=O)=O. The number of fused-ring (bicyclic) bond motifs is 2. The van der Waals surface area contributed by atoms with Gasteiger partial charge in [0.25, 0.3) is 5.91 Å². The number of aromatic nitrogens is 1. The number of nitrogens with one attached hydrogen (secondary N) is 2. The van der Waals surface area contributed by atoms with E-state index in [9.17, 15) is 36.0 Å². The molecule has 4 rings (SSSR count). The molecule has 15 heteroatoms. The highest BCUT2D eigenvalue weighted by atomic mass is 32.2. The van der Waals surface area contributed by atoms with Crippen LogP contribution in [0.4, 0.5) is 18.9 Å². The monoisotopic (exact) mass is 530 g/mol. The fourth-order valence-corrected chi connectivity index (χ4v) is 5.68. The Balaban J connectivity index is 1.59. The molecular weight excluding hydrogens is 509 g/mol. The lowest BCUT2D eigenvalue weighted by Gasteiger charge is -2.23. The van der Waals surface area contributed by atoms with Gasteiger partial charge < -0.3 is 24.6 Å². The highest BCUT2D eigenvalue weighted by Crippen LogP contribution is 2.35. The second-order valence-corrected chi connectivity index (χ2v) is 10.2. The molecule has 0 spiro atoms. The summed E-state index contributed by atoms with van der Waals surface area (Å²) in [5.74, 6) is -8.10. The van der Waals surface area contributed by atoms with E-state index in [2.05, 4.69) is 10.0 Å². The van der Waals surface area contributed by atoms with Gasteiger partial charge in [-0.2, -0.15) is 0 Å². The van der Waals surface area contributed by atoms with Gasteiger partial charge in [0, 0.05) is 62.5 Å². The Labute approximate surface area is 202 Å². The second-order valence-electron chi connectivity index (χ2n) is 8.48. The Hall–Kier alpha value is -3.59. The fraction of sp³-hybridized carbons (Fsp3) is 0.381. The van der Waals surface area contributed by atoms with Crippen molar-refractivity contribution in [2.75, 3.05) is 25.0 Å². The summed E-state index contributed by atoms with van der Waals surface area (Å²) >= 11 is 0. The highest BCUT2D eigenvalue weighted by Gasteiger charge is 2.42. The summed E-state index contributed by atoms with van der Waals surface area (Å²) in [5.41, 5.74) is -0.670. The van der Waals surface area contributed by atoms with Crippen LogP contribution in [0.3, 0.4) is 0 Å². The number of aliphatic carboxylic acids is 1. The Bertz CT molecular complexity index is 1340. The number of likely N-dealkylation sites (tertiary alicyclic amines) is 1. The Morgan fingerprint density at radius 1 is 1.17 bits per heavy atom. The number of aryl methyl sites for hydroxylation is 1. The van der Waals surface area contributed by atoms with Gasteiger partial charge >= 0.3 is 5.97 Å². The molecule has 2 amide bonds. The van der Waals surface area contributed by atoms with Crippen molar-refractivity contribution in [3.05, 3.63) is 41.5 Å². The van der Waals surface area contributed by atoms with Gasteiger partial charge in [0.1, 0.15) is 4.90 Å². The predicted octanol–water partition coefficient (Wildman–Crippen LogP) is 1.06. The number of benzene rings is 1. The summed E-state index contributed by atoms with van der Waals surface area (Å²) in [6.07, 6.45) is 0.529. The van der Waals surface area contributed by atoms with E-state index in [0.29, 0.717) is 12.1 Å². The van der Waals surface area contributed by atoms with Crippen molar-refractivity contribution in [3.8, 4) is 5.75 Å². The zero-order valence-corrected chi connectivity index (χ0v) is 19.6. The summed E-state index contributed by atoms with van der Waals surface area (Å²) < 4.78 is 75.9. The number of amides is 2. The first kappa shape index (κ1) is 25.5. The first-order valence-electron chi connectivity index (χ1n) is 10.7. The Kier molecular flexibility index (Phi) is 6.70. The number of sulfonamides is 1. The van der Waals surface area contributed by atoms with Crippen LogP contribution in [0.15, 0.2) is 23.2 Å². The van der Waals surface area contributed by atoms with E-state index in [4.69, 9.17) is 9.84 Å². The number of anilines is 1. The maximum absolute atomic E-state index is 13.5. The van der Waals surface area contributed by atoms with Crippen molar-refractivity contribution in [3.63, 3.8) is 0 Å². The van der Waals surface area contributed by atoms with Gasteiger partial charge in [0.05, 0.1) is 13.0 Å². The van der Waals surface area contributed by atoms with E-state index in [1.165, 1.54) is 11.9 Å². The smallest absolute Gasteiger partial charge is 0.303 e. The molecule has 1 aromatic heterocycles. The molecule has 0 bridgehead atoms. The standard InChI is InChI=1S/C21H21F3N4O7S/c1-27-8-15-20(19(27)21(32)25-11-4-12(22)18(24)13(23)5-11)35-9-10-6-28(16(29)2-3-17(30)31)7-14(10)26-36(15,33)34/h4-5,8,10,14,26H,2-3,6-7,9H2,1H3,(H,25,32)(H,30,31)/t10-,14-/m1/s1. The number of rotatable bonds is 5. The molecule has 2 aliphatic heterocycles. The van der Waals surface area contributed by atoms with E-state index in [1.54, 1.807) is 0 Å². The van der Waals surface area contributed by atoms with E-state index in [-0.39, 0.29) is 48.9 Å². The molecule has 2 aliphatic rings. The van der Waals surface area contributed by atoms with Crippen LogP contribution in [0, 0.1) is 23.4 Å². The average molecular weight is 530 g/mol. The zero-order chi connectivity index (χ0) is 26.4. The average Bonchev–Trinajstić information content (AvgIpc) is 3.33. The maximum Gasteiger partial charge on any atom is 0.303 e. The highest BCUT2D eigenvalue weighted by molar-refractivity contribution is 7.89. The molecule has 194 valence electrons. The number of nitrogens with zero attached hydrogens (tertiary/aromatic N) is 2. The molecular formula is C21H21F3N4O7S. The molecule has 11 nitrogen and oxygen atoms in total. The third-order valence-electron chi connectivity index (χ3n) is 5.94. The molecule has 1 aromatic carbocycles. The van der Waals surface area contributed by atoms with Gasteiger partial charge in [-0.15, -0.1) is 0 Å². The number of carbonyl (C=O) groups excluding carboxylic acids is 2. The number of carboxylic acid groups (broad SMARTS) is 1. The second kappa shape index (κ2) is 9.46. The molecule has 36 heavy (non-hydrogen) atoms. The van der Waals surface area contributed by atoms with Crippen molar-refractivity contribution in [2.24, 2.45) is 13.0 Å². The number of ether oxygens (including phenoxy) is 1. The van der Waals surface area contributed by atoms with Crippen molar-refractivity contribution >= 4 is 33.5 Å². The Morgan fingerprint density at radius 3 is 2.47 bits per heavy atom. The van der Waals surface area contributed by atoms with E-state index in [0.717, 1.165) is 10.8 Å². The minimum Gasteiger partial charge on any atom is -0.489 e. The number of carbonyl (C=O) groups is 3. The number of carboxylic acids is 1. The zero-order valence-electron chi connectivity index (χ0n) is 18.8. The van der Waals surface area contributed by atoms with Crippen LogP contribution < -0.4 is 14.8 Å². The van der Waals surface area contributed by atoms with Crippen LogP contribution in [0.2, 0.25) is 0 Å². The minimum atomic E-state index is -4.24. The molecule has 0 unspecified atom stereocenters. The van der Waals surface area contributed by atoms with Crippen LogP contribution in [0.25, 0.3) is 0 Å². The molecule has 3 heterocycles. The lowest BCUT2D eigenvalue weighted by molar-refractivity contribution is -0.140. The third kappa shape index (κ3) is 4.88. The summed E-state index contributed by atoms with van der Waals surface area (Å²) in [7, 11) is -2.87. The van der Waals surface area contributed by atoms with Crippen molar-refractivity contribution < 1.29 is 45.8 Å². The van der Waals surface area contributed by atoms with Crippen molar-refractivity contribution in [1.29, 1.82) is 0 Å². The van der Waals surface area contributed by atoms with Gasteiger partial charge in [0.15, 0.2) is 28.9 Å².